The molecule has 0 aromatic rings. The molecule has 90 valence electrons. The highest BCUT2D eigenvalue weighted by Crippen LogP contribution is 2.44. The maximum absolute atomic E-state index is 13.0. The fourth-order valence-corrected chi connectivity index (χ4v) is 2.82. The average Bonchev–Trinajstić information content (AvgIpc) is 2.15. The van der Waals surface area contributed by atoms with E-state index in [0.29, 0.717) is 6.42 Å². The number of hydrogen-bond donors (Lipinski definition) is 1. The molecule has 0 heterocycles. The average molecular weight is 219 g/mol. The van der Waals surface area contributed by atoms with E-state index in [-0.39, 0.29) is 17.4 Å². The van der Waals surface area contributed by atoms with Crippen molar-refractivity contribution in [2.24, 2.45) is 17.3 Å². The van der Waals surface area contributed by atoms with Crippen molar-refractivity contribution >= 4 is 0 Å². The van der Waals surface area contributed by atoms with Gasteiger partial charge in [-0.1, -0.05) is 20.8 Å². The van der Waals surface area contributed by atoms with Crippen LogP contribution in [0.2, 0.25) is 0 Å². The minimum absolute atomic E-state index is 0.000190. The first kappa shape index (κ1) is 12.9. The van der Waals surface area contributed by atoms with Crippen LogP contribution in [0.1, 0.15) is 40.0 Å². The lowest BCUT2D eigenvalue weighted by molar-refractivity contribution is -0.0250. The van der Waals surface area contributed by atoms with E-state index in [4.69, 9.17) is 0 Å². The van der Waals surface area contributed by atoms with Gasteiger partial charge in [0, 0.05) is 12.0 Å². The molecule has 1 saturated carbocycles. The van der Waals surface area contributed by atoms with Gasteiger partial charge < -0.3 is 5.32 Å². The second-order valence-electron chi connectivity index (χ2n) is 5.77. The Balaban J connectivity index is 2.72. The monoisotopic (exact) mass is 219 g/mol. The Hall–Kier alpha value is -0.180. The van der Waals surface area contributed by atoms with E-state index in [0.717, 1.165) is 12.8 Å². The summed E-state index contributed by atoms with van der Waals surface area (Å²) in [6, 6.07) is 0.280. The molecule has 3 atom stereocenters. The van der Waals surface area contributed by atoms with Gasteiger partial charge in [-0.2, -0.15) is 0 Å². The molecule has 1 N–H and O–H groups in total. The van der Waals surface area contributed by atoms with Gasteiger partial charge in [-0.05, 0) is 37.6 Å². The molecule has 1 nitrogen and oxygen atoms in total. The molecule has 0 aromatic carbocycles. The summed E-state index contributed by atoms with van der Waals surface area (Å²) in [5, 5.41) is 3.13. The minimum atomic E-state index is -2.18. The molecule has 0 saturated heterocycles. The van der Waals surface area contributed by atoms with E-state index in [2.05, 4.69) is 26.1 Å². The fraction of sp³-hybridized carbons (Fsp3) is 1.00. The minimum Gasteiger partial charge on any atom is -0.317 e. The summed E-state index contributed by atoms with van der Waals surface area (Å²) in [6.07, 6.45) is 0.396. The van der Waals surface area contributed by atoms with Crippen LogP contribution in [0, 0.1) is 17.3 Å². The fourth-order valence-electron chi connectivity index (χ4n) is 2.82. The third-order valence-corrected chi connectivity index (χ3v) is 3.74. The van der Waals surface area contributed by atoms with Gasteiger partial charge in [0.15, 0.2) is 0 Å². The molecule has 0 aromatic heterocycles. The first-order valence-corrected chi connectivity index (χ1v) is 5.81. The Morgan fingerprint density at radius 2 is 1.80 bits per heavy atom. The van der Waals surface area contributed by atoms with Crippen LogP contribution in [-0.2, 0) is 0 Å². The Bertz CT molecular complexity index is 198. The molecular weight excluding hydrogens is 196 g/mol. The van der Waals surface area contributed by atoms with Crippen molar-refractivity contribution in [3.05, 3.63) is 0 Å². The Kier molecular flexibility index (Phi) is 4.10. The highest BCUT2D eigenvalue weighted by Gasteiger charge is 2.41. The molecule has 1 fully saturated rings. The van der Waals surface area contributed by atoms with E-state index < -0.39 is 12.3 Å². The smallest absolute Gasteiger partial charge is 0.241 e. The molecule has 0 bridgehead atoms. The molecule has 1 aliphatic carbocycles. The van der Waals surface area contributed by atoms with Gasteiger partial charge in [0.1, 0.15) is 0 Å². The number of nitrogens with one attached hydrogen (secondary N) is 1. The lowest BCUT2D eigenvalue weighted by Crippen LogP contribution is -2.42. The van der Waals surface area contributed by atoms with E-state index in [1.54, 1.807) is 0 Å². The SMILES string of the molecule is CNC1CCC(C(C)(C)C)C(C(F)F)C1. The summed E-state index contributed by atoms with van der Waals surface area (Å²) >= 11 is 0. The first-order valence-electron chi connectivity index (χ1n) is 5.81. The van der Waals surface area contributed by atoms with Crippen LogP contribution in [-0.4, -0.2) is 19.5 Å². The molecule has 0 aliphatic heterocycles. The quantitative estimate of drug-likeness (QED) is 0.751. The zero-order chi connectivity index (χ0) is 11.6. The summed E-state index contributed by atoms with van der Waals surface area (Å²) in [6.45, 7) is 6.23. The van der Waals surface area contributed by atoms with Crippen molar-refractivity contribution in [3.63, 3.8) is 0 Å². The molecule has 0 amide bonds. The van der Waals surface area contributed by atoms with Crippen molar-refractivity contribution < 1.29 is 8.78 Å². The summed E-state index contributed by atoms with van der Waals surface area (Å²) in [5.41, 5.74) is -0.000190. The van der Waals surface area contributed by atoms with Gasteiger partial charge in [0.25, 0.3) is 0 Å². The van der Waals surface area contributed by atoms with Gasteiger partial charge in [0.2, 0.25) is 6.43 Å². The number of alkyl halides is 2. The Morgan fingerprint density at radius 1 is 1.20 bits per heavy atom. The zero-order valence-electron chi connectivity index (χ0n) is 10.2. The Labute approximate surface area is 91.6 Å². The van der Waals surface area contributed by atoms with Crippen molar-refractivity contribution in [1.82, 2.24) is 5.32 Å². The van der Waals surface area contributed by atoms with E-state index in [1.165, 1.54) is 0 Å². The third kappa shape index (κ3) is 3.13. The summed E-state index contributed by atoms with van der Waals surface area (Å²) < 4.78 is 26.0. The second-order valence-corrected chi connectivity index (χ2v) is 5.77. The lowest BCUT2D eigenvalue weighted by Gasteiger charge is -2.42. The molecule has 3 heteroatoms. The second kappa shape index (κ2) is 4.77. The molecule has 1 aliphatic rings. The molecule has 15 heavy (non-hydrogen) atoms. The largest absolute Gasteiger partial charge is 0.317 e. The number of halogens is 2. The van der Waals surface area contributed by atoms with Crippen LogP contribution in [0.15, 0.2) is 0 Å². The van der Waals surface area contributed by atoms with Crippen LogP contribution >= 0.6 is 0 Å². The molecule has 3 unspecified atom stereocenters. The maximum Gasteiger partial charge on any atom is 0.241 e. The molecule has 1 rings (SSSR count). The maximum atomic E-state index is 13.0. The van der Waals surface area contributed by atoms with E-state index >= 15 is 0 Å². The van der Waals surface area contributed by atoms with Crippen molar-refractivity contribution in [2.45, 2.75) is 52.5 Å². The predicted molar refractivity (Wildman–Crippen MR) is 59.1 cm³/mol. The van der Waals surface area contributed by atoms with Gasteiger partial charge in [-0.3, -0.25) is 0 Å². The normalized spacial score (nSPS) is 33.4. The van der Waals surface area contributed by atoms with Gasteiger partial charge >= 0.3 is 0 Å². The summed E-state index contributed by atoms with van der Waals surface area (Å²) in [5.74, 6) is -0.279. The number of rotatable bonds is 2. The van der Waals surface area contributed by atoms with Gasteiger partial charge in [0.05, 0.1) is 0 Å². The predicted octanol–water partition coefficient (Wildman–Crippen LogP) is 3.30. The van der Waals surface area contributed by atoms with E-state index in [9.17, 15) is 8.78 Å². The number of hydrogen-bond acceptors (Lipinski definition) is 1. The van der Waals surface area contributed by atoms with Crippen molar-refractivity contribution in [1.29, 1.82) is 0 Å². The topological polar surface area (TPSA) is 12.0 Å². The van der Waals surface area contributed by atoms with Crippen LogP contribution in [0.3, 0.4) is 0 Å². The third-order valence-electron chi connectivity index (χ3n) is 3.74. The van der Waals surface area contributed by atoms with Crippen LogP contribution in [0.5, 0.6) is 0 Å². The van der Waals surface area contributed by atoms with Gasteiger partial charge in [-0.15, -0.1) is 0 Å². The Morgan fingerprint density at radius 3 is 2.20 bits per heavy atom. The summed E-state index contributed by atoms with van der Waals surface area (Å²) in [4.78, 5) is 0. The summed E-state index contributed by atoms with van der Waals surface area (Å²) in [7, 11) is 1.87. The van der Waals surface area contributed by atoms with Crippen LogP contribution in [0.25, 0.3) is 0 Å². The molecular formula is C12H23F2N. The first-order chi connectivity index (χ1) is 6.86. The molecule has 0 spiro atoms. The van der Waals surface area contributed by atoms with Crippen LogP contribution < -0.4 is 5.32 Å². The standard InChI is InChI=1S/C12H23F2N/c1-12(2,3)10-6-5-8(15-4)7-9(10)11(13)14/h8-11,15H,5-7H2,1-4H3. The van der Waals surface area contributed by atoms with Gasteiger partial charge in [-0.25, -0.2) is 8.78 Å². The highest BCUT2D eigenvalue weighted by molar-refractivity contribution is 4.89. The van der Waals surface area contributed by atoms with Crippen molar-refractivity contribution in [2.75, 3.05) is 7.05 Å². The van der Waals surface area contributed by atoms with Crippen LogP contribution in [0.4, 0.5) is 8.78 Å². The lowest BCUT2D eigenvalue weighted by atomic mass is 9.65. The molecule has 0 radical (unpaired) electrons. The van der Waals surface area contributed by atoms with E-state index in [1.807, 2.05) is 7.05 Å². The highest BCUT2D eigenvalue weighted by atomic mass is 19.3. The zero-order valence-corrected chi connectivity index (χ0v) is 10.2. The van der Waals surface area contributed by atoms with Crippen molar-refractivity contribution in [3.8, 4) is 0 Å².